The number of nitrogens with two attached hydrogens (primary N) is 1. The van der Waals surface area contributed by atoms with E-state index in [0.717, 1.165) is 6.07 Å². The van der Waals surface area contributed by atoms with E-state index in [4.69, 9.17) is 10.2 Å². The lowest BCUT2D eigenvalue weighted by atomic mass is 10.0. The first kappa shape index (κ1) is 20.1. The molecule has 0 spiro atoms. The van der Waals surface area contributed by atoms with Crippen LogP contribution in [0, 0.1) is 0 Å². The van der Waals surface area contributed by atoms with Crippen molar-refractivity contribution in [1.82, 2.24) is 0 Å². The van der Waals surface area contributed by atoms with Crippen molar-refractivity contribution >= 4 is 16.5 Å². The molecule has 5 N–H and O–H groups in total. The summed E-state index contributed by atoms with van der Waals surface area (Å²) in [4.78, 5) is 12.4. The van der Waals surface area contributed by atoms with Gasteiger partial charge in [-0.1, -0.05) is 45.2 Å². The predicted molar refractivity (Wildman–Crippen MR) is 100.0 cm³/mol. The number of rotatable bonds is 5. The fraction of sp³-hybridized carbons (Fsp3) is 0.211. The van der Waals surface area contributed by atoms with Gasteiger partial charge in [-0.3, -0.25) is 4.79 Å². The number of allylic oxidation sites excluding steroid dienone is 4. The summed E-state index contributed by atoms with van der Waals surface area (Å²) < 4.78 is 5.61. The Hall–Kier alpha value is -2.99. The molecule has 0 aliphatic heterocycles. The maximum absolute atomic E-state index is 12.4. The van der Waals surface area contributed by atoms with Gasteiger partial charge in [0.1, 0.15) is 22.5 Å². The van der Waals surface area contributed by atoms with Crippen molar-refractivity contribution < 1.29 is 19.7 Å². The summed E-state index contributed by atoms with van der Waals surface area (Å²) in [6, 6.07) is 1.03. The highest BCUT2D eigenvalue weighted by Crippen LogP contribution is 2.37. The Labute approximate surface area is 145 Å². The third-order valence-electron chi connectivity index (χ3n) is 3.38. The normalized spacial score (nSPS) is 10.9. The lowest BCUT2D eigenvalue weighted by Gasteiger charge is -2.12. The van der Waals surface area contributed by atoms with E-state index in [1.807, 2.05) is 13.8 Å². The van der Waals surface area contributed by atoms with Gasteiger partial charge in [0.2, 0.25) is 11.2 Å². The summed E-state index contributed by atoms with van der Waals surface area (Å²) in [6.07, 6.45) is 4.56. The Balaban J connectivity index is 0.00000151. The lowest BCUT2D eigenvalue weighted by Crippen LogP contribution is -2.08. The van der Waals surface area contributed by atoms with Crippen molar-refractivity contribution in [2.75, 3.05) is 6.54 Å². The smallest absolute Gasteiger partial charge is 0.238 e. The Morgan fingerprint density at radius 3 is 2.40 bits per heavy atom. The van der Waals surface area contributed by atoms with E-state index in [-0.39, 0.29) is 41.0 Å². The minimum atomic E-state index is -0.811. The quantitative estimate of drug-likeness (QED) is 0.618. The van der Waals surface area contributed by atoms with E-state index < -0.39 is 16.9 Å². The van der Waals surface area contributed by atoms with E-state index in [1.54, 1.807) is 0 Å². The van der Waals surface area contributed by atoms with E-state index in [9.17, 15) is 20.1 Å². The van der Waals surface area contributed by atoms with Crippen molar-refractivity contribution in [2.24, 2.45) is 5.73 Å². The maximum atomic E-state index is 12.4. The summed E-state index contributed by atoms with van der Waals surface area (Å²) >= 11 is 0. The first-order chi connectivity index (χ1) is 12.0. The van der Waals surface area contributed by atoms with Crippen LogP contribution in [0.4, 0.5) is 0 Å². The number of fused-ring (bicyclic) bond motifs is 1. The van der Waals surface area contributed by atoms with Gasteiger partial charge in [0.25, 0.3) is 0 Å². The SMILES string of the molecule is C=C/C=C(\C=C)c1oc2c(CCN)c(O)cc(O)c2c(=O)c1O.CC. The molecule has 6 heteroatoms. The molecule has 0 aliphatic carbocycles. The third-order valence-corrected chi connectivity index (χ3v) is 3.38. The zero-order valence-corrected chi connectivity index (χ0v) is 14.4. The van der Waals surface area contributed by atoms with Crippen LogP contribution in [0.1, 0.15) is 25.2 Å². The number of hydrogen-bond donors (Lipinski definition) is 4. The molecule has 0 atom stereocenters. The highest BCUT2D eigenvalue weighted by molar-refractivity contribution is 5.91. The van der Waals surface area contributed by atoms with Gasteiger partial charge in [-0.25, -0.2) is 0 Å². The minimum absolute atomic E-state index is 0.0254. The van der Waals surface area contributed by atoms with Crippen LogP contribution in [0.2, 0.25) is 0 Å². The van der Waals surface area contributed by atoms with Gasteiger partial charge in [0, 0.05) is 17.2 Å². The Kier molecular flexibility index (Phi) is 7.02. The second kappa shape index (κ2) is 8.75. The van der Waals surface area contributed by atoms with Crippen LogP contribution in [-0.4, -0.2) is 21.9 Å². The van der Waals surface area contributed by atoms with Crippen LogP contribution in [0.3, 0.4) is 0 Å². The van der Waals surface area contributed by atoms with Crippen molar-refractivity contribution in [3.8, 4) is 17.2 Å². The van der Waals surface area contributed by atoms with E-state index >= 15 is 0 Å². The van der Waals surface area contributed by atoms with Crippen LogP contribution in [0.25, 0.3) is 16.5 Å². The van der Waals surface area contributed by atoms with Gasteiger partial charge in [0.05, 0.1) is 0 Å². The molecule has 0 bridgehead atoms. The molecule has 0 unspecified atom stereocenters. The Bertz CT molecular complexity index is 878. The third kappa shape index (κ3) is 3.75. The molecule has 0 saturated carbocycles. The summed E-state index contributed by atoms with van der Waals surface area (Å²) in [5, 5.41) is 29.8. The first-order valence-corrected chi connectivity index (χ1v) is 7.85. The van der Waals surface area contributed by atoms with Crippen LogP contribution >= 0.6 is 0 Å². The fourth-order valence-corrected chi connectivity index (χ4v) is 2.32. The molecule has 0 amide bonds. The summed E-state index contributed by atoms with van der Waals surface area (Å²) in [6.45, 7) is 11.3. The van der Waals surface area contributed by atoms with Crippen molar-refractivity contribution in [3.05, 3.63) is 59.0 Å². The highest BCUT2D eigenvalue weighted by Gasteiger charge is 2.22. The number of phenols is 2. The topological polar surface area (TPSA) is 117 Å². The van der Waals surface area contributed by atoms with Crippen LogP contribution in [0.5, 0.6) is 17.2 Å². The molecule has 1 aromatic heterocycles. The number of benzene rings is 1. The van der Waals surface area contributed by atoms with Crippen molar-refractivity contribution in [2.45, 2.75) is 20.3 Å². The number of aromatic hydroxyl groups is 3. The largest absolute Gasteiger partial charge is 0.507 e. The fourth-order valence-electron chi connectivity index (χ4n) is 2.32. The maximum Gasteiger partial charge on any atom is 0.238 e. The molecular formula is C19H23NO5. The molecule has 0 aliphatic rings. The van der Waals surface area contributed by atoms with E-state index in [1.165, 1.54) is 18.2 Å². The molecule has 1 heterocycles. The van der Waals surface area contributed by atoms with E-state index in [0.29, 0.717) is 5.57 Å². The molecule has 25 heavy (non-hydrogen) atoms. The highest BCUT2D eigenvalue weighted by atomic mass is 16.4. The molecule has 134 valence electrons. The van der Waals surface area contributed by atoms with Crippen LogP contribution < -0.4 is 11.2 Å². The molecule has 0 radical (unpaired) electrons. The van der Waals surface area contributed by atoms with Crippen molar-refractivity contribution in [3.63, 3.8) is 0 Å². The number of hydrogen-bond acceptors (Lipinski definition) is 6. The zero-order chi connectivity index (χ0) is 19.1. The van der Waals surface area contributed by atoms with Crippen LogP contribution in [0.15, 0.2) is 46.7 Å². The van der Waals surface area contributed by atoms with E-state index in [2.05, 4.69) is 13.2 Å². The van der Waals surface area contributed by atoms with Gasteiger partial charge >= 0.3 is 0 Å². The standard InChI is InChI=1S/C17H17NO5.C2H6/c1-3-5-9(4-2)16-15(22)14(21)13-12(20)8-11(19)10(6-7-18)17(13)23-16;1-2/h3-5,8,19-20,22H,1-2,6-7,18H2;1-2H3/b9-5+;. The van der Waals surface area contributed by atoms with Gasteiger partial charge in [-0.2, -0.15) is 0 Å². The molecule has 0 saturated heterocycles. The van der Waals surface area contributed by atoms with Gasteiger partial charge in [-0.05, 0) is 13.0 Å². The monoisotopic (exact) mass is 345 g/mol. The molecule has 0 fully saturated rings. The summed E-state index contributed by atoms with van der Waals surface area (Å²) in [5.74, 6) is -1.51. The minimum Gasteiger partial charge on any atom is -0.507 e. The number of phenolic OH excluding ortho intramolecular Hbond substituents is 2. The summed E-state index contributed by atoms with van der Waals surface area (Å²) in [7, 11) is 0. The molecular weight excluding hydrogens is 322 g/mol. The zero-order valence-electron chi connectivity index (χ0n) is 14.4. The lowest BCUT2D eigenvalue weighted by molar-refractivity contribution is 0.426. The average Bonchev–Trinajstić information content (AvgIpc) is 2.60. The second-order valence-corrected chi connectivity index (χ2v) is 4.81. The molecule has 1 aromatic carbocycles. The Morgan fingerprint density at radius 1 is 1.24 bits per heavy atom. The summed E-state index contributed by atoms with van der Waals surface area (Å²) in [5.41, 5.74) is 5.29. The Morgan fingerprint density at radius 2 is 1.88 bits per heavy atom. The predicted octanol–water partition coefficient (Wildman–Crippen LogP) is 3.19. The molecule has 2 aromatic rings. The van der Waals surface area contributed by atoms with Gasteiger partial charge in [-0.15, -0.1) is 0 Å². The van der Waals surface area contributed by atoms with Crippen LogP contribution in [-0.2, 0) is 6.42 Å². The van der Waals surface area contributed by atoms with Gasteiger partial charge < -0.3 is 25.5 Å². The van der Waals surface area contributed by atoms with Crippen molar-refractivity contribution in [1.29, 1.82) is 0 Å². The second-order valence-electron chi connectivity index (χ2n) is 4.81. The average molecular weight is 345 g/mol. The van der Waals surface area contributed by atoms with Gasteiger partial charge in [0.15, 0.2) is 5.76 Å². The first-order valence-electron chi connectivity index (χ1n) is 7.85. The molecule has 2 rings (SSSR count). The molecule has 6 nitrogen and oxygen atoms in total.